The largest absolute Gasteiger partial charge is 0.477 e. The minimum absolute atomic E-state index is 0.0903. The quantitative estimate of drug-likeness (QED) is 0.658. The van der Waals surface area contributed by atoms with Crippen LogP contribution in [-0.2, 0) is 0 Å². The van der Waals surface area contributed by atoms with E-state index in [2.05, 4.69) is 15.9 Å². The molecule has 0 spiro atoms. The average Bonchev–Trinajstić information content (AvgIpc) is 2.51. The zero-order valence-electron chi connectivity index (χ0n) is 5.91. The van der Waals surface area contributed by atoms with E-state index < -0.39 is 5.97 Å². The van der Waals surface area contributed by atoms with Gasteiger partial charge in [-0.2, -0.15) is 0 Å². The number of aromatic carboxylic acids is 1. The van der Waals surface area contributed by atoms with E-state index in [1.807, 2.05) is 0 Å². The van der Waals surface area contributed by atoms with Crippen LogP contribution in [0, 0.1) is 0 Å². The minimum atomic E-state index is -0.992. The number of rotatable bonds is 3. The second kappa shape index (κ2) is 3.82. The summed E-state index contributed by atoms with van der Waals surface area (Å²) in [6.07, 6.45) is 0. The number of halogens is 1. The molecule has 0 saturated heterocycles. The Kier molecular flexibility index (Phi) is 2.99. The Morgan fingerprint density at radius 3 is 2.42 bits per heavy atom. The molecule has 3 nitrogen and oxygen atoms in total. The number of thiophene rings is 1. The molecule has 0 aliphatic carbocycles. The van der Waals surface area contributed by atoms with Crippen LogP contribution in [0.3, 0.4) is 0 Å². The molecule has 1 rings (SSSR count). The van der Waals surface area contributed by atoms with E-state index in [1.54, 1.807) is 0 Å². The number of hydrogen-bond donors (Lipinski definition) is 1. The number of carbonyl (C=O) groups is 2. The van der Waals surface area contributed by atoms with Gasteiger partial charge in [0.1, 0.15) is 4.88 Å². The maximum atomic E-state index is 11.0. The van der Waals surface area contributed by atoms with Crippen LogP contribution >= 0.6 is 27.3 Å². The summed E-state index contributed by atoms with van der Waals surface area (Å²) in [5.74, 6) is -1.08. The van der Waals surface area contributed by atoms with E-state index in [1.165, 1.54) is 12.1 Å². The molecule has 0 aliphatic heterocycles. The number of ketones is 1. The van der Waals surface area contributed by atoms with Gasteiger partial charge in [0.05, 0.1) is 10.2 Å². The molecule has 0 aliphatic rings. The van der Waals surface area contributed by atoms with E-state index in [0.717, 1.165) is 11.3 Å². The first kappa shape index (κ1) is 9.41. The second-order valence-corrected chi connectivity index (χ2v) is 3.67. The van der Waals surface area contributed by atoms with Crippen molar-refractivity contribution in [3.8, 4) is 0 Å². The topological polar surface area (TPSA) is 54.4 Å². The van der Waals surface area contributed by atoms with Gasteiger partial charge in [-0.25, -0.2) is 4.79 Å². The highest BCUT2D eigenvalue weighted by molar-refractivity contribution is 9.09. The molecule has 0 fully saturated rings. The third-order valence-corrected chi connectivity index (χ3v) is 2.84. The monoisotopic (exact) mass is 248 g/mol. The number of carboxylic acid groups (broad SMARTS) is 1. The van der Waals surface area contributed by atoms with Gasteiger partial charge in [0.15, 0.2) is 5.78 Å². The number of carbonyl (C=O) groups excluding carboxylic acids is 1. The van der Waals surface area contributed by atoms with Crippen LogP contribution in [0.2, 0.25) is 0 Å². The van der Waals surface area contributed by atoms with Crippen molar-refractivity contribution in [2.75, 3.05) is 5.33 Å². The number of alkyl halides is 1. The summed E-state index contributed by atoms with van der Waals surface area (Å²) in [7, 11) is 0. The first-order valence-corrected chi connectivity index (χ1v) is 5.01. The second-order valence-electron chi connectivity index (χ2n) is 2.03. The summed E-state index contributed by atoms with van der Waals surface area (Å²) in [6, 6.07) is 2.96. The summed E-state index contributed by atoms with van der Waals surface area (Å²) >= 11 is 4.00. The molecule has 12 heavy (non-hydrogen) atoms. The molecule has 0 bridgehead atoms. The van der Waals surface area contributed by atoms with Crippen LogP contribution in [0.5, 0.6) is 0 Å². The Bertz CT molecular complexity index is 318. The minimum Gasteiger partial charge on any atom is -0.477 e. The fourth-order valence-corrected chi connectivity index (χ4v) is 1.94. The molecule has 1 aromatic rings. The first-order chi connectivity index (χ1) is 5.65. The summed E-state index contributed by atoms with van der Waals surface area (Å²) in [4.78, 5) is 22.1. The van der Waals surface area contributed by atoms with Crippen molar-refractivity contribution < 1.29 is 14.7 Å². The van der Waals surface area contributed by atoms with E-state index in [0.29, 0.717) is 4.88 Å². The standard InChI is InChI=1S/C7H5BrO3S/c8-3-4(9)5-1-2-6(12-5)7(10)11/h1-2H,3H2,(H,10,11). The first-order valence-electron chi connectivity index (χ1n) is 3.07. The molecule has 0 amide bonds. The Morgan fingerprint density at radius 1 is 1.42 bits per heavy atom. The fraction of sp³-hybridized carbons (Fsp3) is 0.143. The normalized spacial score (nSPS) is 9.75. The lowest BCUT2D eigenvalue weighted by atomic mass is 10.3. The summed E-state index contributed by atoms with van der Waals surface area (Å²) < 4.78 is 0. The molecule has 0 aromatic carbocycles. The lowest BCUT2D eigenvalue weighted by Gasteiger charge is -1.87. The van der Waals surface area contributed by atoms with Gasteiger partial charge in [0, 0.05) is 0 Å². The van der Waals surface area contributed by atoms with Crippen molar-refractivity contribution >= 4 is 39.0 Å². The zero-order chi connectivity index (χ0) is 9.14. The lowest BCUT2D eigenvalue weighted by Crippen LogP contribution is -1.95. The van der Waals surface area contributed by atoms with Gasteiger partial charge >= 0.3 is 5.97 Å². The maximum absolute atomic E-state index is 11.0. The van der Waals surface area contributed by atoms with Crippen molar-refractivity contribution in [1.82, 2.24) is 0 Å². The summed E-state index contributed by atoms with van der Waals surface area (Å²) in [5.41, 5.74) is 0. The van der Waals surface area contributed by atoms with Gasteiger partial charge < -0.3 is 5.11 Å². The highest BCUT2D eigenvalue weighted by Gasteiger charge is 2.11. The Morgan fingerprint density at radius 2 is 2.00 bits per heavy atom. The van der Waals surface area contributed by atoms with Gasteiger partial charge in [0.2, 0.25) is 0 Å². The molecular weight excluding hydrogens is 244 g/mol. The molecular formula is C7H5BrO3S. The Balaban J connectivity index is 2.91. The molecule has 0 saturated carbocycles. The third kappa shape index (κ3) is 1.92. The Labute approximate surface area is 81.2 Å². The molecule has 1 N–H and O–H groups in total. The van der Waals surface area contributed by atoms with Crippen LogP contribution in [0.15, 0.2) is 12.1 Å². The van der Waals surface area contributed by atoms with Crippen molar-refractivity contribution in [1.29, 1.82) is 0 Å². The maximum Gasteiger partial charge on any atom is 0.345 e. The SMILES string of the molecule is O=C(O)c1ccc(C(=O)CBr)s1. The fourth-order valence-electron chi connectivity index (χ4n) is 0.669. The van der Waals surface area contributed by atoms with Crippen molar-refractivity contribution in [2.45, 2.75) is 0 Å². The molecule has 1 heterocycles. The number of hydrogen-bond acceptors (Lipinski definition) is 3. The van der Waals surface area contributed by atoms with Gasteiger partial charge in [0.25, 0.3) is 0 Å². The molecule has 0 radical (unpaired) electrons. The molecule has 64 valence electrons. The molecule has 0 atom stereocenters. The molecule has 1 aromatic heterocycles. The van der Waals surface area contributed by atoms with Gasteiger partial charge in [-0.1, -0.05) is 15.9 Å². The third-order valence-electron chi connectivity index (χ3n) is 1.21. The van der Waals surface area contributed by atoms with Crippen molar-refractivity contribution in [2.24, 2.45) is 0 Å². The summed E-state index contributed by atoms with van der Waals surface area (Å²) in [6.45, 7) is 0. The molecule has 0 unspecified atom stereocenters. The van der Waals surface area contributed by atoms with Crippen LogP contribution in [-0.4, -0.2) is 22.2 Å². The van der Waals surface area contributed by atoms with E-state index in [-0.39, 0.29) is 16.0 Å². The van der Waals surface area contributed by atoms with Crippen molar-refractivity contribution in [3.05, 3.63) is 21.9 Å². The van der Waals surface area contributed by atoms with Crippen LogP contribution < -0.4 is 0 Å². The average molecular weight is 249 g/mol. The van der Waals surface area contributed by atoms with Crippen molar-refractivity contribution in [3.63, 3.8) is 0 Å². The van der Waals surface area contributed by atoms with Crippen LogP contribution in [0.1, 0.15) is 19.3 Å². The molecule has 5 heteroatoms. The van der Waals surface area contributed by atoms with Crippen LogP contribution in [0.25, 0.3) is 0 Å². The van der Waals surface area contributed by atoms with Crippen LogP contribution in [0.4, 0.5) is 0 Å². The van der Waals surface area contributed by atoms with E-state index in [9.17, 15) is 9.59 Å². The summed E-state index contributed by atoms with van der Waals surface area (Å²) in [5, 5.41) is 8.77. The van der Waals surface area contributed by atoms with E-state index >= 15 is 0 Å². The number of Topliss-reactive ketones (excluding diaryl/α,β-unsaturated/α-hetero) is 1. The van der Waals surface area contributed by atoms with Gasteiger partial charge in [-0.05, 0) is 12.1 Å². The zero-order valence-corrected chi connectivity index (χ0v) is 8.31. The smallest absolute Gasteiger partial charge is 0.345 e. The predicted molar refractivity (Wildman–Crippen MR) is 49.4 cm³/mol. The highest BCUT2D eigenvalue weighted by atomic mass is 79.9. The van der Waals surface area contributed by atoms with Gasteiger partial charge in [-0.3, -0.25) is 4.79 Å². The van der Waals surface area contributed by atoms with Gasteiger partial charge in [-0.15, -0.1) is 11.3 Å². The predicted octanol–water partition coefficient (Wildman–Crippen LogP) is 2.02. The lowest BCUT2D eigenvalue weighted by molar-refractivity contribution is 0.0702. The Hall–Kier alpha value is -0.680. The van der Waals surface area contributed by atoms with E-state index in [4.69, 9.17) is 5.11 Å². The highest BCUT2D eigenvalue weighted by Crippen LogP contribution is 2.17. The number of carboxylic acids is 1.